The molecule has 0 saturated heterocycles. The molecule has 12 aromatic rings. The zero-order chi connectivity index (χ0) is 47.7. The summed E-state index contributed by atoms with van der Waals surface area (Å²) >= 11 is 0. The fourth-order valence-electron chi connectivity index (χ4n) is 9.24. The molecule has 0 atom stereocenters. The van der Waals surface area contributed by atoms with Crippen LogP contribution < -0.4 is 0 Å². The van der Waals surface area contributed by atoms with Gasteiger partial charge in [0.2, 0.25) is 0 Å². The van der Waals surface area contributed by atoms with Crippen LogP contribution in [-0.2, 0) is 0 Å². The van der Waals surface area contributed by atoms with Crippen LogP contribution in [0.3, 0.4) is 0 Å². The molecule has 0 spiro atoms. The first-order chi connectivity index (χ1) is 35.1. The minimum absolute atomic E-state index is 0.517. The van der Waals surface area contributed by atoms with Crippen LogP contribution in [0.4, 0.5) is 5.69 Å². The monoisotopic (exact) mass is 906 g/mol. The maximum absolute atomic E-state index is 9.84. The predicted molar refractivity (Wildman–Crippen MR) is 284 cm³/mol. The minimum Gasteiger partial charge on any atom is -0.309 e. The molecule has 3 aromatic heterocycles. The molecule has 0 aliphatic rings. The van der Waals surface area contributed by atoms with Crippen molar-refractivity contribution in [1.82, 2.24) is 29.5 Å². The molecule has 0 radical (unpaired) electrons. The van der Waals surface area contributed by atoms with Crippen molar-refractivity contribution in [1.29, 1.82) is 5.26 Å². The second-order valence-electron chi connectivity index (χ2n) is 17.1. The molecule has 0 unspecified atom stereocenters. The van der Waals surface area contributed by atoms with Gasteiger partial charge in [-0.15, -0.1) is 0 Å². The smallest absolute Gasteiger partial charge is 0.187 e. The molecule has 8 heteroatoms. The highest BCUT2D eigenvalue weighted by atomic mass is 15.0. The lowest BCUT2D eigenvalue weighted by atomic mass is 9.99. The highest BCUT2D eigenvalue weighted by Crippen LogP contribution is 2.42. The van der Waals surface area contributed by atoms with Crippen LogP contribution in [0.5, 0.6) is 0 Å². The van der Waals surface area contributed by atoms with E-state index < -0.39 is 0 Å². The third-order valence-electron chi connectivity index (χ3n) is 12.7. The zero-order valence-electron chi connectivity index (χ0n) is 38.0. The molecule has 0 amide bonds. The van der Waals surface area contributed by atoms with Gasteiger partial charge in [0.05, 0.1) is 46.3 Å². The molecule has 8 nitrogen and oxygen atoms in total. The van der Waals surface area contributed by atoms with Crippen molar-refractivity contribution in [3.8, 4) is 102 Å². The van der Waals surface area contributed by atoms with E-state index in [2.05, 4.69) is 88.3 Å². The van der Waals surface area contributed by atoms with Crippen molar-refractivity contribution >= 4 is 27.5 Å². The van der Waals surface area contributed by atoms with E-state index in [1.807, 2.05) is 158 Å². The first kappa shape index (κ1) is 42.2. The third-order valence-corrected chi connectivity index (χ3v) is 12.7. The zero-order valence-corrected chi connectivity index (χ0v) is 38.0. The molecule has 12 rings (SSSR count). The molecule has 0 bridgehead atoms. The summed E-state index contributed by atoms with van der Waals surface area (Å²) in [6, 6.07) is 79.4. The Morgan fingerprint density at radius 1 is 0.366 bits per heavy atom. The average molecular weight is 907 g/mol. The summed E-state index contributed by atoms with van der Waals surface area (Å²) in [6.45, 7) is 7.74. The van der Waals surface area contributed by atoms with Crippen LogP contribution >= 0.6 is 0 Å². The summed E-state index contributed by atoms with van der Waals surface area (Å²) in [6.07, 6.45) is 0. The van der Waals surface area contributed by atoms with Crippen molar-refractivity contribution in [3.63, 3.8) is 0 Å². The number of nitriles is 1. The Bertz CT molecular complexity index is 3830. The number of hydrogen-bond acceptors (Lipinski definition) is 6. The van der Waals surface area contributed by atoms with Crippen molar-refractivity contribution in [3.05, 3.63) is 248 Å². The minimum atomic E-state index is 0.517. The van der Waals surface area contributed by atoms with E-state index in [-0.39, 0.29) is 0 Å². The maximum atomic E-state index is 9.84. The molecule has 0 saturated carbocycles. The van der Waals surface area contributed by atoms with E-state index in [1.165, 1.54) is 0 Å². The summed E-state index contributed by atoms with van der Waals surface area (Å²) < 4.78 is 2.31. The number of hydrogen-bond donors (Lipinski definition) is 0. The number of fused-ring (bicyclic) bond motifs is 3. The Morgan fingerprint density at radius 2 is 0.817 bits per heavy atom. The van der Waals surface area contributed by atoms with E-state index in [1.54, 1.807) is 0 Å². The first-order valence-electron chi connectivity index (χ1n) is 23.2. The van der Waals surface area contributed by atoms with Gasteiger partial charge in [-0.1, -0.05) is 164 Å². The molecular formula is C63H38N8. The highest BCUT2D eigenvalue weighted by molar-refractivity contribution is 6.12. The van der Waals surface area contributed by atoms with Gasteiger partial charge < -0.3 is 4.57 Å². The number of benzene rings is 9. The van der Waals surface area contributed by atoms with Crippen LogP contribution in [-0.4, -0.2) is 29.5 Å². The SMILES string of the molecule is [C-]#[N+]c1cccc(-c2ccc3c(c2)c2cc(-c4cccc(C#N)c4)ccc2n3-c2ccc(-c3nc(-c4ccccc4)nc(-c4ccccc4)n3)cc2-c2cc(-c3ccccc3)nc(-c3ccccc3)n2)c1. The number of nitrogens with zero attached hydrogens (tertiary/aromatic N) is 8. The molecule has 0 N–H and O–H groups in total. The molecule has 9 aromatic carbocycles. The Balaban J connectivity index is 1.15. The van der Waals surface area contributed by atoms with Crippen LogP contribution in [0.25, 0.3) is 123 Å². The van der Waals surface area contributed by atoms with Crippen molar-refractivity contribution < 1.29 is 0 Å². The van der Waals surface area contributed by atoms with Crippen molar-refractivity contribution in [2.45, 2.75) is 0 Å². The van der Waals surface area contributed by atoms with Gasteiger partial charge in [-0.25, -0.2) is 29.8 Å². The topological polar surface area (TPSA) is 97.5 Å². The lowest BCUT2D eigenvalue weighted by molar-refractivity contribution is 1.07. The standard InChI is InChI=1S/C63H38N8/c1-65-51-27-15-26-47(35-51)49-29-32-58-53(37-49)52-36-48(46-25-14-16-41(34-46)40-64)28-31-57(52)71(58)59-33-30-50(63-69-61(44-21-10-4-11-22-44)68-62(70-63)45-23-12-5-13-24-45)38-54(59)56-39-55(42-17-6-2-7-18-42)66-60(67-56)43-19-8-3-9-20-43/h2-39H. The first-order valence-corrected chi connectivity index (χ1v) is 23.2. The van der Waals surface area contributed by atoms with E-state index in [9.17, 15) is 5.26 Å². The predicted octanol–water partition coefficient (Wildman–Crippen LogP) is 15.5. The van der Waals surface area contributed by atoms with Gasteiger partial charge in [-0.05, 0) is 89.0 Å². The Labute approximate surface area is 410 Å². The second kappa shape index (κ2) is 18.2. The van der Waals surface area contributed by atoms with E-state index in [0.717, 1.165) is 88.8 Å². The average Bonchev–Trinajstić information content (AvgIpc) is 3.78. The Kier molecular flexibility index (Phi) is 10.8. The Hall–Kier alpha value is -10.2. The number of aromatic nitrogens is 6. The fourth-order valence-corrected chi connectivity index (χ4v) is 9.24. The summed E-state index contributed by atoms with van der Waals surface area (Å²) in [5.74, 6) is 2.24. The van der Waals surface area contributed by atoms with Gasteiger partial charge in [0, 0.05) is 44.2 Å². The summed E-state index contributed by atoms with van der Waals surface area (Å²) in [5.41, 5.74) is 14.6. The quantitative estimate of drug-likeness (QED) is 0.134. The van der Waals surface area contributed by atoms with Gasteiger partial charge in [0.25, 0.3) is 0 Å². The van der Waals surface area contributed by atoms with Gasteiger partial charge in [0.15, 0.2) is 29.0 Å². The van der Waals surface area contributed by atoms with Crippen LogP contribution in [0.15, 0.2) is 231 Å². The lowest BCUT2D eigenvalue weighted by Gasteiger charge is -2.17. The maximum Gasteiger partial charge on any atom is 0.187 e. The normalized spacial score (nSPS) is 11.1. The summed E-state index contributed by atoms with van der Waals surface area (Å²) in [5, 5.41) is 11.9. The van der Waals surface area contributed by atoms with Crippen molar-refractivity contribution in [2.24, 2.45) is 0 Å². The molecular weight excluding hydrogens is 869 g/mol. The van der Waals surface area contributed by atoms with Crippen LogP contribution in [0.2, 0.25) is 0 Å². The van der Waals surface area contributed by atoms with E-state index >= 15 is 0 Å². The van der Waals surface area contributed by atoms with E-state index in [4.69, 9.17) is 31.5 Å². The van der Waals surface area contributed by atoms with Gasteiger partial charge in [0.1, 0.15) is 0 Å². The van der Waals surface area contributed by atoms with E-state index in [0.29, 0.717) is 40.2 Å². The highest BCUT2D eigenvalue weighted by Gasteiger charge is 2.22. The van der Waals surface area contributed by atoms with Gasteiger partial charge >= 0.3 is 0 Å². The largest absolute Gasteiger partial charge is 0.309 e. The fraction of sp³-hybridized carbons (Fsp3) is 0. The second-order valence-corrected chi connectivity index (χ2v) is 17.1. The van der Waals surface area contributed by atoms with Crippen LogP contribution in [0.1, 0.15) is 5.56 Å². The van der Waals surface area contributed by atoms with Crippen LogP contribution in [0, 0.1) is 17.9 Å². The molecule has 0 fully saturated rings. The van der Waals surface area contributed by atoms with Gasteiger partial charge in [-0.2, -0.15) is 5.26 Å². The van der Waals surface area contributed by atoms with Gasteiger partial charge in [-0.3, -0.25) is 0 Å². The molecule has 0 aliphatic carbocycles. The molecule has 330 valence electrons. The van der Waals surface area contributed by atoms with Crippen molar-refractivity contribution in [2.75, 3.05) is 0 Å². The molecule has 0 aliphatic heterocycles. The molecule has 71 heavy (non-hydrogen) atoms. The summed E-state index contributed by atoms with van der Waals surface area (Å²) in [4.78, 5) is 29.6. The Morgan fingerprint density at radius 3 is 1.37 bits per heavy atom. The third kappa shape index (κ3) is 8.14. The number of rotatable bonds is 9. The lowest BCUT2D eigenvalue weighted by Crippen LogP contribution is -2.03. The summed E-state index contributed by atoms with van der Waals surface area (Å²) in [7, 11) is 0. The molecule has 3 heterocycles.